The lowest BCUT2D eigenvalue weighted by Gasteiger charge is -2.30. The highest BCUT2D eigenvalue weighted by Crippen LogP contribution is 2.30. The molecule has 5 atom stereocenters. The van der Waals surface area contributed by atoms with Gasteiger partial charge in [-0.15, -0.1) is 0 Å². The monoisotopic (exact) mass is 585 g/mol. The van der Waals surface area contributed by atoms with Gasteiger partial charge in [0.2, 0.25) is 11.6 Å². The van der Waals surface area contributed by atoms with Gasteiger partial charge in [0.1, 0.15) is 11.9 Å². The topological polar surface area (TPSA) is 108 Å². The number of hydrogen-bond acceptors (Lipinski definition) is 8. The van der Waals surface area contributed by atoms with Gasteiger partial charge in [-0.05, 0) is 61.4 Å². The highest BCUT2D eigenvalue weighted by molar-refractivity contribution is 6.38. The number of nitrogens with zero attached hydrogens (tertiary/aromatic N) is 2. The zero-order chi connectivity index (χ0) is 30.2. The van der Waals surface area contributed by atoms with Gasteiger partial charge in [-0.2, -0.15) is 0 Å². The van der Waals surface area contributed by atoms with Crippen LogP contribution in [0.1, 0.15) is 45.6 Å². The molecule has 2 fully saturated rings. The van der Waals surface area contributed by atoms with E-state index in [-0.39, 0.29) is 18.4 Å². The van der Waals surface area contributed by atoms with Crippen LogP contribution in [0.4, 0.5) is 14.9 Å². The number of carbonyl (C=O) groups excluding carboxylic acids is 3. The number of rotatable bonds is 4. The first-order valence-corrected chi connectivity index (χ1v) is 15.0. The summed E-state index contributed by atoms with van der Waals surface area (Å²) in [5.41, 5.74) is 1.93. The van der Waals surface area contributed by atoms with Crippen molar-refractivity contribution >= 4 is 29.4 Å². The van der Waals surface area contributed by atoms with E-state index in [1.165, 1.54) is 12.1 Å². The quantitative estimate of drug-likeness (QED) is 0.408. The summed E-state index contributed by atoms with van der Waals surface area (Å²) in [6.45, 7) is 10.6. The standard InChI is InChI=1S/C32H44FN3O6/c1-21-4-6-27(37)20-28(38)31(39)30(22(2)5-7-29(21)42-32(40)36-10-8-34-9-11-36)23(3)16-24-17-25(33)19-26(18-24)35-12-14-41-15-13-35/h5,7,16-19,21-22,27,29-30,34,37H,4,6,8-15,20H2,1-3H3/b7-5+,23-16+/t21-,22-,27+,29-,30-/m0/s1. The molecule has 1 aromatic rings. The number of carbonyl (C=O) groups is 3. The summed E-state index contributed by atoms with van der Waals surface area (Å²) in [6.07, 6.45) is 4.03. The van der Waals surface area contributed by atoms with E-state index in [2.05, 4.69) is 10.2 Å². The number of benzene rings is 1. The number of nitrogens with one attached hydrogen (secondary N) is 1. The van der Waals surface area contributed by atoms with Crippen molar-refractivity contribution in [2.75, 3.05) is 57.4 Å². The first kappa shape index (κ1) is 31.8. The minimum atomic E-state index is -0.976. The molecule has 4 rings (SSSR count). The Balaban J connectivity index is 1.61. The Labute approximate surface area is 247 Å². The second-order valence-electron chi connectivity index (χ2n) is 11.7. The largest absolute Gasteiger partial charge is 0.442 e. The molecular weight excluding hydrogens is 541 g/mol. The van der Waals surface area contributed by atoms with Crippen molar-refractivity contribution in [2.24, 2.45) is 17.8 Å². The number of Topliss-reactive ketones (excluding diaryl/α,β-unsaturated/α-hetero) is 2. The lowest BCUT2D eigenvalue weighted by Crippen LogP contribution is -2.47. The van der Waals surface area contributed by atoms with Crippen molar-refractivity contribution in [3.05, 3.63) is 47.3 Å². The molecular formula is C32H44FN3O6. The lowest BCUT2D eigenvalue weighted by molar-refractivity contribution is -0.140. The third-order valence-corrected chi connectivity index (χ3v) is 8.40. The van der Waals surface area contributed by atoms with E-state index in [1.807, 2.05) is 26.0 Å². The lowest BCUT2D eigenvalue weighted by atomic mass is 9.80. The summed E-state index contributed by atoms with van der Waals surface area (Å²) in [5, 5.41) is 13.8. The maximum absolute atomic E-state index is 14.7. The van der Waals surface area contributed by atoms with Crippen LogP contribution < -0.4 is 10.2 Å². The molecule has 0 saturated carbocycles. The van der Waals surface area contributed by atoms with Gasteiger partial charge >= 0.3 is 6.09 Å². The van der Waals surface area contributed by atoms with E-state index in [9.17, 15) is 23.9 Å². The average Bonchev–Trinajstić information content (AvgIpc) is 2.98. The summed E-state index contributed by atoms with van der Waals surface area (Å²) in [7, 11) is 0. The third kappa shape index (κ3) is 8.49. The van der Waals surface area contributed by atoms with Gasteiger partial charge in [0.15, 0.2) is 0 Å². The Kier molecular flexibility index (Phi) is 11.3. The number of halogens is 1. The van der Waals surface area contributed by atoms with Crippen LogP contribution in [-0.2, 0) is 19.1 Å². The SMILES string of the molecule is C/C(=C\c1cc(F)cc(N2CCOCC2)c1)[C@H]1C(=O)C(=O)C[C@H](O)CC[C@H](C)[C@@H](OC(=O)N2CCNCC2)/C=C/[C@@H]1C. The molecule has 0 aromatic heterocycles. The summed E-state index contributed by atoms with van der Waals surface area (Å²) >= 11 is 0. The van der Waals surface area contributed by atoms with Crippen LogP contribution in [0.3, 0.4) is 0 Å². The van der Waals surface area contributed by atoms with E-state index in [1.54, 1.807) is 24.0 Å². The maximum Gasteiger partial charge on any atom is 0.410 e. The Morgan fingerprint density at radius 1 is 1.07 bits per heavy atom. The number of morpholine rings is 1. The molecule has 230 valence electrons. The molecule has 1 amide bonds. The number of aliphatic hydroxyl groups is 1. The molecule has 42 heavy (non-hydrogen) atoms. The fourth-order valence-corrected chi connectivity index (χ4v) is 5.89. The number of ketones is 2. The van der Waals surface area contributed by atoms with Crippen molar-refractivity contribution in [3.63, 3.8) is 0 Å². The molecule has 9 nitrogen and oxygen atoms in total. The molecule has 2 saturated heterocycles. The normalized spacial score (nSPS) is 29.5. The summed E-state index contributed by atoms with van der Waals surface area (Å²) in [5.74, 6) is -2.96. The molecule has 0 radical (unpaired) electrons. The second kappa shape index (κ2) is 14.9. The van der Waals surface area contributed by atoms with Gasteiger partial charge in [-0.25, -0.2) is 9.18 Å². The zero-order valence-electron chi connectivity index (χ0n) is 24.9. The first-order chi connectivity index (χ1) is 20.1. The third-order valence-electron chi connectivity index (χ3n) is 8.40. The summed E-state index contributed by atoms with van der Waals surface area (Å²) < 4.78 is 26.0. The van der Waals surface area contributed by atoms with Crippen LogP contribution in [0, 0.1) is 23.6 Å². The minimum Gasteiger partial charge on any atom is -0.442 e. The number of aliphatic hydroxyl groups excluding tert-OH is 1. The second-order valence-corrected chi connectivity index (χ2v) is 11.7. The van der Waals surface area contributed by atoms with Crippen molar-refractivity contribution in [1.29, 1.82) is 0 Å². The minimum absolute atomic E-state index is 0.110. The van der Waals surface area contributed by atoms with E-state index >= 15 is 0 Å². The molecule has 2 aliphatic heterocycles. The van der Waals surface area contributed by atoms with Crippen molar-refractivity contribution in [3.8, 4) is 0 Å². The molecule has 2 N–H and O–H groups in total. The molecule has 0 bridgehead atoms. The van der Waals surface area contributed by atoms with Crippen LogP contribution in [0.2, 0.25) is 0 Å². The molecule has 3 aliphatic rings. The van der Waals surface area contributed by atoms with E-state index in [0.717, 1.165) is 5.69 Å². The van der Waals surface area contributed by atoms with Gasteiger partial charge in [0, 0.05) is 51.4 Å². The number of ether oxygens (including phenoxy) is 2. The average molecular weight is 586 g/mol. The van der Waals surface area contributed by atoms with Crippen LogP contribution in [-0.4, -0.2) is 92.4 Å². The number of anilines is 1. The van der Waals surface area contributed by atoms with Crippen LogP contribution in [0.5, 0.6) is 0 Å². The Morgan fingerprint density at radius 3 is 2.50 bits per heavy atom. The number of hydrogen-bond donors (Lipinski definition) is 2. The van der Waals surface area contributed by atoms with Crippen molar-refractivity contribution in [1.82, 2.24) is 10.2 Å². The van der Waals surface area contributed by atoms with E-state index < -0.39 is 41.4 Å². The fraction of sp³-hybridized carbons (Fsp3) is 0.594. The first-order valence-electron chi connectivity index (χ1n) is 15.0. The van der Waals surface area contributed by atoms with E-state index in [0.29, 0.717) is 76.5 Å². The smallest absolute Gasteiger partial charge is 0.410 e. The highest BCUT2D eigenvalue weighted by atomic mass is 19.1. The van der Waals surface area contributed by atoms with Crippen LogP contribution in [0.25, 0.3) is 6.08 Å². The van der Waals surface area contributed by atoms with Gasteiger partial charge < -0.3 is 29.7 Å². The molecule has 0 unspecified atom stereocenters. The predicted molar refractivity (Wildman–Crippen MR) is 159 cm³/mol. The zero-order valence-corrected chi connectivity index (χ0v) is 24.9. The van der Waals surface area contributed by atoms with Gasteiger partial charge in [-0.1, -0.05) is 31.6 Å². The fourth-order valence-electron chi connectivity index (χ4n) is 5.89. The maximum atomic E-state index is 14.7. The van der Waals surface area contributed by atoms with Crippen LogP contribution >= 0.6 is 0 Å². The van der Waals surface area contributed by atoms with Gasteiger partial charge in [0.05, 0.1) is 25.2 Å². The molecule has 1 aliphatic carbocycles. The van der Waals surface area contributed by atoms with Gasteiger partial charge in [0.25, 0.3) is 0 Å². The van der Waals surface area contributed by atoms with Crippen molar-refractivity contribution < 1.29 is 33.4 Å². The molecule has 2 heterocycles. The highest BCUT2D eigenvalue weighted by Gasteiger charge is 2.33. The molecule has 10 heteroatoms. The Hall–Kier alpha value is -3.08. The summed E-state index contributed by atoms with van der Waals surface area (Å²) in [4.78, 5) is 43.2. The predicted octanol–water partition coefficient (Wildman–Crippen LogP) is 3.60. The molecule has 1 aromatic carbocycles. The van der Waals surface area contributed by atoms with Crippen LogP contribution in [0.15, 0.2) is 35.9 Å². The number of allylic oxidation sites excluding steroid dienone is 2. The summed E-state index contributed by atoms with van der Waals surface area (Å²) in [6, 6.07) is 4.77. The number of amides is 1. The number of piperazine rings is 1. The van der Waals surface area contributed by atoms with Gasteiger partial charge in [-0.3, -0.25) is 9.59 Å². The Morgan fingerprint density at radius 2 is 1.79 bits per heavy atom. The van der Waals surface area contributed by atoms with Crippen molar-refractivity contribution in [2.45, 2.75) is 52.2 Å². The molecule has 0 spiro atoms. The van der Waals surface area contributed by atoms with E-state index in [4.69, 9.17) is 9.47 Å². The Bertz CT molecular complexity index is 1170.